The first-order valence-electron chi connectivity index (χ1n) is 17.0. The maximum atomic E-state index is 6.71. The average molecular weight is 620 g/mol. The molecule has 230 valence electrons. The molecule has 0 saturated heterocycles. The predicted octanol–water partition coefficient (Wildman–Crippen LogP) is 11.4. The van der Waals surface area contributed by atoms with E-state index in [1.807, 2.05) is 6.07 Å². The second-order valence-corrected chi connectivity index (χ2v) is 12.9. The maximum Gasteiger partial charge on any atom is 0.201 e. The molecule has 4 nitrogen and oxygen atoms in total. The molecule has 1 aliphatic heterocycles. The molecule has 1 atom stereocenters. The normalized spacial score (nSPS) is 18.0. The lowest BCUT2D eigenvalue weighted by Gasteiger charge is -2.28. The number of allylic oxidation sites excluding steroid dienone is 9. The van der Waals surface area contributed by atoms with Crippen LogP contribution in [-0.2, 0) is 0 Å². The Balaban J connectivity index is 1.24. The minimum absolute atomic E-state index is 0.386. The molecule has 0 saturated carbocycles. The summed E-state index contributed by atoms with van der Waals surface area (Å²) in [5.41, 5.74) is 10.8. The van der Waals surface area contributed by atoms with Crippen molar-refractivity contribution in [2.24, 2.45) is 4.99 Å². The first kappa shape index (κ1) is 27.3. The zero-order valence-electron chi connectivity index (χ0n) is 26.5. The van der Waals surface area contributed by atoms with E-state index in [9.17, 15) is 0 Å². The molecular weight excluding hydrogens is 587 g/mol. The van der Waals surface area contributed by atoms with E-state index in [0.717, 1.165) is 86.6 Å². The number of para-hydroxylation sites is 2. The lowest BCUT2D eigenvalue weighted by Crippen LogP contribution is -2.29. The number of rotatable bonds is 4. The highest BCUT2D eigenvalue weighted by Gasteiger charge is 2.27. The molecule has 0 bridgehead atoms. The SMILES string of the molecule is C1=CC(C2=NC(n3c4ccccc4c4ccc(C5=CCCC=C5)cc43)NC(c3c4ccccc4cc4c3oc3ccccc34)=C2)=CCC1. The van der Waals surface area contributed by atoms with Crippen LogP contribution in [0.3, 0.4) is 0 Å². The van der Waals surface area contributed by atoms with Crippen LogP contribution < -0.4 is 5.32 Å². The minimum atomic E-state index is -0.386. The Kier molecular flexibility index (Phi) is 6.16. The van der Waals surface area contributed by atoms with E-state index in [4.69, 9.17) is 9.41 Å². The van der Waals surface area contributed by atoms with Gasteiger partial charge in [-0.3, -0.25) is 0 Å². The Hall–Kier alpha value is -5.87. The number of aliphatic imine (C=N–C) groups is 1. The Morgan fingerprint density at radius 3 is 2.21 bits per heavy atom. The summed E-state index contributed by atoms with van der Waals surface area (Å²) >= 11 is 0. The molecule has 1 unspecified atom stereocenters. The van der Waals surface area contributed by atoms with E-state index >= 15 is 0 Å². The molecule has 3 heterocycles. The van der Waals surface area contributed by atoms with Gasteiger partial charge in [-0.2, -0.15) is 0 Å². The van der Waals surface area contributed by atoms with Crippen molar-refractivity contribution in [1.29, 1.82) is 0 Å². The van der Waals surface area contributed by atoms with E-state index < -0.39 is 0 Å². The van der Waals surface area contributed by atoms with Gasteiger partial charge >= 0.3 is 0 Å². The van der Waals surface area contributed by atoms with E-state index in [2.05, 4.69) is 143 Å². The summed E-state index contributed by atoms with van der Waals surface area (Å²) in [6, 6.07) is 34.9. The van der Waals surface area contributed by atoms with Crippen molar-refractivity contribution in [3.8, 4) is 0 Å². The second kappa shape index (κ2) is 10.9. The van der Waals surface area contributed by atoms with Gasteiger partial charge in [0.25, 0.3) is 0 Å². The topological polar surface area (TPSA) is 42.5 Å². The average Bonchev–Trinajstić information content (AvgIpc) is 3.69. The third-order valence-corrected chi connectivity index (χ3v) is 10.1. The highest BCUT2D eigenvalue weighted by atomic mass is 16.3. The Morgan fingerprint density at radius 2 is 1.38 bits per heavy atom. The van der Waals surface area contributed by atoms with Crippen LogP contribution >= 0.6 is 0 Å². The molecule has 48 heavy (non-hydrogen) atoms. The van der Waals surface area contributed by atoms with E-state index in [-0.39, 0.29) is 6.29 Å². The Labute approximate surface area is 278 Å². The van der Waals surface area contributed by atoms with Crippen LogP contribution in [0.1, 0.15) is 43.1 Å². The fourth-order valence-electron chi connectivity index (χ4n) is 7.81. The van der Waals surface area contributed by atoms with Crippen molar-refractivity contribution in [2.45, 2.75) is 32.0 Å². The molecule has 10 rings (SSSR count). The van der Waals surface area contributed by atoms with Crippen LogP contribution in [-0.4, -0.2) is 10.3 Å². The highest BCUT2D eigenvalue weighted by Crippen LogP contribution is 2.41. The molecule has 2 aliphatic carbocycles. The van der Waals surface area contributed by atoms with Crippen molar-refractivity contribution in [2.75, 3.05) is 0 Å². The summed E-state index contributed by atoms with van der Waals surface area (Å²) in [6.07, 6.45) is 19.8. The van der Waals surface area contributed by atoms with Crippen molar-refractivity contribution in [3.63, 3.8) is 0 Å². The third-order valence-electron chi connectivity index (χ3n) is 10.1. The van der Waals surface area contributed by atoms with Gasteiger partial charge in [-0.15, -0.1) is 0 Å². The van der Waals surface area contributed by atoms with Crippen LogP contribution in [0.2, 0.25) is 0 Å². The quantitative estimate of drug-likeness (QED) is 0.213. The zero-order chi connectivity index (χ0) is 31.6. The summed E-state index contributed by atoms with van der Waals surface area (Å²) in [7, 11) is 0. The molecule has 0 amide bonds. The minimum Gasteiger partial charge on any atom is -0.455 e. The van der Waals surface area contributed by atoms with Gasteiger partial charge in [-0.1, -0.05) is 109 Å². The van der Waals surface area contributed by atoms with E-state index in [1.165, 1.54) is 27.3 Å². The molecular formula is C44H33N3O. The summed E-state index contributed by atoms with van der Waals surface area (Å²) in [5.74, 6) is 0. The van der Waals surface area contributed by atoms with Gasteiger partial charge in [0.2, 0.25) is 6.29 Å². The number of benzene rings is 5. The van der Waals surface area contributed by atoms with Gasteiger partial charge in [0.05, 0.1) is 22.4 Å². The molecule has 0 spiro atoms. The molecule has 0 fully saturated rings. The number of fused-ring (bicyclic) bond motifs is 7. The van der Waals surface area contributed by atoms with Crippen molar-refractivity contribution >= 4 is 71.5 Å². The van der Waals surface area contributed by atoms with Crippen molar-refractivity contribution < 1.29 is 4.42 Å². The van der Waals surface area contributed by atoms with Crippen molar-refractivity contribution in [3.05, 3.63) is 156 Å². The van der Waals surface area contributed by atoms with Crippen LogP contribution in [0, 0.1) is 0 Å². The van der Waals surface area contributed by atoms with Gasteiger partial charge in [0, 0.05) is 27.1 Å². The number of furan rings is 1. The van der Waals surface area contributed by atoms with Gasteiger partial charge in [-0.25, -0.2) is 4.99 Å². The van der Waals surface area contributed by atoms with Crippen LogP contribution in [0.15, 0.2) is 155 Å². The number of hydrogen-bond acceptors (Lipinski definition) is 3. The molecule has 5 aromatic carbocycles. The second-order valence-electron chi connectivity index (χ2n) is 12.9. The number of nitrogens with zero attached hydrogens (tertiary/aromatic N) is 2. The highest BCUT2D eigenvalue weighted by molar-refractivity contribution is 6.20. The third kappa shape index (κ3) is 4.26. The standard InChI is InChI=1S/C44H33N3O/c1-3-13-28(14-4-1)30-23-24-34-33-19-9-11-21-39(33)47(40(34)26-30)44-45-37(29-15-5-2-6-16-29)27-38(46-44)42-32-18-8-7-17-31(32)25-36-35-20-10-12-22-41(35)48-43(36)42/h3,5,7-27,44,46H,1-2,4,6H2. The number of hydrogen-bond donors (Lipinski definition) is 1. The largest absolute Gasteiger partial charge is 0.455 e. The predicted molar refractivity (Wildman–Crippen MR) is 201 cm³/mol. The molecule has 2 aromatic heterocycles. The van der Waals surface area contributed by atoms with Crippen LogP contribution in [0.5, 0.6) is 0 Å². The smallest absolute Gasteiger partial charge is 0.201 e. The number of nitrogens with one attached hydrogen (secondary N) is 1. The van der Waals surface area contributed by atoms with Gasteiger partial charge in [0.1, 0.15) is 11.2 Å². The molecule has 0 radical (unpaired) electrons. The van der Waals surface area contributed by atoms with E-state index in [0.29, 0.717) is 0 Å². The summed E-state index contributed by atoms with van der Waals surface area (Å²) in [6.45, 7) is 0. The Morgan fingerprint density at radius 1 is 0.646 bits per heavy atom. The van der Waals surface area contributed by atoms with Crippen LogP contribution in [0.25, 0.3) is 65.8 Å². The molecule has 3 aliphatic rings. The van der Waals surface area contributed by atoms with Gasteiger partial charge in [-0.05, 0) is 83.5 Å². The monoisotopic (exact) mass is 619 g/mol. The molecule has 7 aromatic rings. The first-order chi connectivity index (χ1) is 23.8. The Bertz CT molecular complexity index is 2650. The van der Waals surface area contributed by atoms with E-state index in [1.54, 1.807) is 0 Å². The summed E-state index contributed by atoms with van der Waals surface area (Å²) in [5, 5.41) is 11.0. The first-order valence-corrected chi connectivity index (χ1v) is 17.0. The van der Waals surface area contributed by atoms with Crippen LogP contribution in [0.4, 0.5) is 0 Å². The molecule has 1 N–H and O–H groups in total. The fourth-order valence-corrected chi connectivity index (χ4v) is 7.81. The fraction of sp³-hybridized carbons (Fsp3) is 0.114. The summed E-state index contributed by atoms with van der Waals surface area (Å²) in [4.78, 5) is 5.48. The summed E-state index contributed by atoms with van der Waals surface area (Å²) < 4.78 is 9.10. The van der Waals surface area contributed by atoms with Crippen molar-refractivity contribution in [1.82, 2.24) is 9.88 Å². The lowest BCUT2D eigenvalue weighted by atomic mass is 9.95. The number of aromatic nitrogens is 1. The van der Waals surface area contributed by atoms with Gasteiger partial charge < -0.3 is 14.3 Å². The van der Waals surface area contributed by atoms with Gasteiger partial charge in [0.15, 0.2) is 0 Å². The zero-order valence-corrected chi connectivity index (χ0v) is 26.5. The lowest BCUT2D eigenvalue weighted by molar-refractivity contribution is 0.508. The maximum absolute atomic E-state index is 6.71. The molecule has 4 heteroatoms.